The van der Waals surface area contributed by atoms with Crippen molar-refractivity contribution in [1.82, 2.24) is 0 Å². The third kappa shape index (κ3) is 5.32. The van der Waals surface area contributed by atoms with E-state index in [1.165, 1.54) is 0 Å². The molecule has 1 N–H and O–H groups in total. The van der Waals surface area contributed by atoms with Crippen LogP contribution in [0, 0.1) is 34.0 Å². The second-order valence-electron chi connectivity index (χ2n) is 4.74. The average molecular weight is 330 g/mol. The van der Waals surface area contributed by atoms with Crippen molar-refractivity contribution in [2.24, 2.45) is 0 Å². The van der Waals surface area contributed by atoms with Gasteiger partial charge in [0.15, 0.2) is 5.57 Å². The first-order valence-electron chi connectivity index (χ1n) is 7.39. The first kappa shape index (κ1) is 17.4. The fourth-order valence-corrected chi connectivity index (χ4v) is 1.90. The van der Waals surface area contributed by atoms with Crippen molar-refractivity contribution in [1.29, 1.82) is 15.8 Å². The zero-order chi connectivity index (χ0) is 17.9. The van der Waals surface area contributed by atoms with Crippen LogP contribution in [-0.2, 0) is 0 Å². The summed E-state index contributed by atoms with van der Waals surface area (Å²) in [6.07, 6.45) is 0. The van der Waals surface area contributed by atoms with E-state index in [9.17, 15) is 0 Å². The Morgan fingerprint density at radius 1 is 0.760 bits per heavy atom. The Balaban J connectivity index is 1.86. The Morgan fingerprint density at radius 3 is 1.84 bits per heavy atom. The maximum absolute atomic E-state index is 9.00. The molecule has 2 aromatic rings. The lowest BCUT2D eigenvalue weighted by Crippen LogP contribution is -2.09. The Hall–Kier alpha value is -3.95. The van der Waals surface area contributed by atoms with Crippen LogP contribution in [0.15, 0.2) is 65.9 Å². The zero-order valence-corrected chi connectivity index (χ0v) is 13.3. The van der Waals surface area contributed by atoms with Crippen molar-refractivity contribution in [2.75, 3.05) is 18.5 Å². The number of benzene rings is 2. The molecule has 0 spiro atoms. The van der Waals surface area contributed by atoms with E-state index < -0.39 is 0 Å². The molecule has 0 aliphatic carbocycles. The summed E-state index contributed by atoms with van der Waals surface area (Å²) in [6, 6.07) is 21.4. The van der Waals surface area contributed by atoms with E-state index in [0.717, 1.165) is 5.75 Å². The van der Waals surface area contributed by atoms with E-state index in [1.54, 1.807) is 42.5 Å². The summed E-state index contributed by atoms with van der Waals surface area (Å²) < 4.78 is 11.1. The van der Waals surface area contributed by atoms with Gasteiger partial charge < -0.3 is 14.8 Å². The highest BCUT2D eigenvalue weighted by Gasteiger charge is 2.06. The minimum atomic E-state index is -0.263. The fourth-order valence-electron chi connectivity index (χ4n) is 1.90. The average Bonchev–Trinajstić information content (AvgIpc) is 2.67. The Bertz CT molecular complexity index is 838. The molecule has 0 aliphatic heterocycles. The molecule has 0 aromatic heterocycles. The molecule has 25 heavy (non-hydrogen) atoms. The predicted molar refractivity (Wildman–Crippen MR) is 91.4 cm³/mol. The lowest BCUT2D eigenvalue weighted by molar-refractivity contribution is 0.217. The molecule has 0 saturated heterocycles. The number of hydrogen-bond acceptors (Lipinski definition) is 6. The molecular formula is C19H14N4O2. The zero-order valence-electron chi connectivity index (χ0n) is 13.3. The number of ether oxygens (including phenoxy) is 2. The first-order valence-corrected chi connectivity index (χ1v) is 7.39. The number of nitriles is 3. The maximum Gasteiger partial charge on any atom is 0.163 e. The van der Waals surface area contributed by atoms with E-state index in [0.29, 0.717) is 24.7 Å². The number of hydrogen-bond donors (Lipinski definition) is 1. The number of allylic oxidation sites excluding steroid dienone is 2. The van der Waals surface area contributed by atoms with Gasteiger partial charge in [0, 0.05) is 5.69 Å². The van der Waals surface area contributed by atoms with E-state index in [-0.39, 0.29) is 11.3 Å². The van der Waals surface area contributed by atoms with Gasteiger partial charge in [-0.2, -0.15) is 15.8 Å². The third-order valence-corrected chi connectivity index (χ3v) is 3.07. The van der Waals surface area contributed by atoms with Gasteiger partial charge in [-0.1, -0.05) is 18.2 Å². The van der Waals surface area contributed by atoms with Crippen LogP contribution >= 0.6 is 0 Å². The first-order chi connectivity index (χ1) is 12.3. The van der Waals surface area contributed by atoms with E-state index in [2.05, 4.69) is 5.32 Å². The van der Waals surface area contributed by atoms with Gasteiger partial charge >= 0.3 is 0 Å². The van der Waals surface area contributed by atoms with Crippen LogP contribution in [0.25, 0.3) is 0 Å². The minimum absolute atomic E-state index is 0.0880. The predicted octanol–water partition coefficient (Wildman–Crippen LogP) is 3.38. The van der Waals surface area contributed by atoms with Gasteiger partial charge in [0.05, 0.1) is 0 Å². The number of nitrogens with one attached hydrogen (secondary N) is 1. The lowest BCUT2D eigenvalue weighted by atomic mass is 10.2. The fraction of sp³-hybridized carbons (Fsp3) is 0.105. The SMILES string of the molecule is N#CC(C#N)=C(C#N)Nc1ccc(OCCOc2ccccc2)cc1. The Labute approximate surface area is 145 Å². The molecule has 0 amide bonds. The van der Waals surface area contributed by atoms with Crippen molar-refractivity contribution in [3.63, 3.8) is 0 Å². The molecule has 2 aromatic carbocycles. The second-order valence-corrected chi connectivity index (χ2v) is 4.74. The summed E-state index contributed by atoms with van der Waals surface area (Å²) in [4.78, 5) is 0. The summed E-state index contributed by atoms with van der Waals surface area (Å²) in [6.45, 7) is 0.803. The Kier molecular flexibility index (Phi) is 6.44. The molecule has 0 bridgehead atoms. The van der Waals surface area contributed by atoms with Crippen LogP contribution in [0.2, 0.25) is 0 Å². The highest BCUT2D eigenvalue weighted by Crippen LogP contribution is 2.18. The highest BCUT2D eigenvalue weighted by molar-refractivity contribution is 5.58. The molecule has 6 heteroatoms. The van der Waals surface area contributed by atoms with Gasteiger partial charge in [-0.25, -0.2) is 0 Å². The number of rotatable bonds is 7. The monoisotopic (exact) mass is 330 g/mol. The standard InChI is InChI=1S/C19H14N4O2/c20-12-15(13-21)19(14-22)23-16-6-8-18(9-7-16)25-11-10-24-17-4-2-1-3-5-17/h1-9,23H,10-11H2. The van der Waals surface area contributed by atoms with Gasteiger partial charge in [0.1, 0.15) is 48.6 Å². The lowest BCUT2D eigenvalue weighted by Gasteiger charge is -2.09. The van der Waals surface area contributed by atoms with Gasteiger partial charge in [-0.15, -0.1) is 0 Å². The molecule has 0 unspecified atom stereocenters. The van der Waals surface area contributed by atoms with Crippen LogP contribution in [0.3, 0.4) is 0 Å². The van der Waals surface area contributed by atoms with Crippen molar-refractivity contribution in [3.05, 3.63) is 65.9 Å². The van der Waals surface area contributed by atoms with Crippen LogP contribution in [0.4, 0.5) is 5.69 Å². The number of nitrogens with zero attached hydrogens (tertiary/aromatic N) is 3. The molecule has 0 saturated carbocycles. The van der Waals surface area contributed by atoms with E-state index >= 15 is 0 Å². The quantitative estimate of drug-likeness (QED) is 0.617. The number of anilines is 1. The van der Waals surface area contributed by atoms with Gasteiger partial charge in [0.2, 0.25) is 0 Å². The molecule has 0 heterocycles. The topological polar surface area (TPSA) is 102 Å². The summed E-state index contributed by atoms with van der Waals surface area (Å²) in [5.74, 6) is 1.43. The summed E-state index contributed by atoms with van der Waals surface area (Å²) in [5, 5.41) is 29.3. The molecular weight excluding hydrogens is 316 g/mol. The van der Waals surface area contributed by atoms with Crippen LogP contribution in [0.5, 0.6) is 11.5 Å². The largest absolute Gasteiger partial charge is 0.490 e. The van der Waals surface area contributed by atoms with Crippen molar-refractivity contribution >= 4 is 5.69 Å². The van der Waals surface area contributed by atoms with E-state index in [1.807, 2.05) is 30.3 Å². The van der Waals surface area contributed by atoms with Crippen molar-refractivity contribution < 1.29 is 9.47 Å². The van der Waals surface area contributed by atoms with Gasteiger partial charge in [-0.3, -0.25) is 0 Å². The maximum atomic E-state index is 9.00. The van der Waals surface area contributed by atoms with Crippen LogP contribution in [0.1, 0.15) is 0 Å². The molecule has 0 aliphatic rings. The minimum Gasteiger partial charge on any atom is -0.490 e. The summed E-state index contributed by atoms with van der Waals surface area (Å²) >= 11 is 0. The number of para-hydroxylation sites is 1. The highest BCUT2D eigenvalue weighted by atomic mass is 16.5. The normalized spacial score (nSPS) is 9.00. The molecule has 6 nitrogen and oxygen atoms in total. The molecule has 0 atom stereocenters. The smallest absolute Gasteiger partial charge is 0.163 e. The van der Waals surface area contributed by atoms with Gasteiger partial charge in [0.25, 0.3) is 0 Å². The van der Waals surface area contributed by atoms with Crippen LogP contribution in [-0.4, -0.2) is 13.2 Å². The van der Waals surface area contributed by atoms with Crippen molar-refractivity contribution in [3.8, 4) is 29.7 Å². The van der Waals surface area contributed by atoms with E-state index in [4.69, 9.17) is 25.3 Å². The Morgan fingerprint density at radius 2 is 1.32 bits per heavy atom. The molecule has 0 fully saturated rings. The molecule has 122 valence electrons. The molecule has 2 rings (SSSR count). The summed E-state index contributed by atoms with van der Waals surface area (Å²) in [7, 11) is 0. The van der Waals surface area contributed by atoms with Crippen LogP contribution < -0.4 is 14.8 Å². The van der Waals surface area contributed by atoms with Crippen molar-refractivity contribution in [2.45, 2.75) is 0 Å². The molecule has 0 radical (unpaired) electrons. The second kappa shape index (κ2) is 9.25. The third-order valence-electron chi connectivity index (χ3n) is 3.07. The van der Waals surface area contributed by atoms with Gasteiger partial charge in [-0.05, 0) is 36.4 Å². The summed E-state index contributed by atoms with van der Waals surface area (Å²) in [5.41, 5.74) is 0.225.